The fourth-order valence-electron chi connectivity index (χ4n) is 2.58. The van der Waals surface area contributed by atoms with E-state index in [4.69, 9.17) is 16.3 Å². The summed E-state index contributed by atoms with van der Waals surface area (Å²) in [6.07, 6.45) is 1.46. The van der Waals surface area contributed by atoms with Gasteiger partial charge >= 0.3 is 0 Å². The maximum absolute atomic E-state index is 6.15. The van der Waals surface area contributed by atoms with Crippen molar-refractivity contribution in [3.05, 3.63) is 57.5 Å². The second kappa shape index (κ2) is 6.82. The molecule has 1 atom stereocenters. The van der Waals surface area contributed by atoms with Gasteiger partial charge in [-0.15, -0.1) is 10.2 Å². The highest BCUT2D eigenvalue weighted by molar-refractivity contribution is 9.10. The van der Waals surface area contributed by atoms with Crippen molar-refractivity contribution < 1.29 is 4.74 Å². The van der Waals surface area contributed by atoms with E-state index in [9.17, 15) is 0 Å². The maximum Gasteiger partial charge on any atom is 0.247 e. The van der Waals surface area contributed by atoms with E-state index in [2.05, 4.69) is 36.4 Å². The molecule has 1 aliphatic rings. The number of fused-ring (bicyclic) bond motifs is 3. The van der Waals surface area contributed by atoms with Crippen LogP contribution in [0.3, 0.4) is 0 Å². The SMILES string of the molecule is CSc1nnc2c(n1)OC(c1cccc(Cl)c1)Nc1ccc(Br)cc1-2. The standard InChI is InChI=1S/C17H12BrClN4OS/c1-25-17-21-16-14(22-23-17)12-8-10(18)5-6-13(12)20-15(24-16)9-3-2-4-11(19)7-9/h2-8,15,20H,1H3. The van der Waals surface area contributed by atoms with Gasteiger partial charge in [0, 0.05) is 26.3 Å². The summed E-state index contributed by atoms with van der Waals surface area (Å²) in [5.74, 6) is 0.439. The van der Waals surface area contributed by atoms with Crippen molar-refractivity contribution in [1.29, 1.82) is 0 Å². The molecule has 1 aromatic heterocycles. The van der Waals surface area contributed by atoms with Crippen molar-refractivity contribution in [2.75, 3.05) is 11.6 Å². The molecule has 126 valence electrons. The van der Waals surface area contributed by atoms with Crippen LogP contribution in [0.15, 0.2) is 52.1 Å². The first-order valence-corrected chi connectivity index (χ1v) is 9.81. The Hall–Kier alpha value is -1.83. The summed E-state index contributed by atoms with van der Waals surface area (Å²) in [5.41, 5.74) is 3.27. The van der Waals surface area contributed by atoms with Crippen molar-refractivity contribution in [1.82, 2.24) is 15.2 Å². The summed E-state index contributed by atoms with van der Waals surface area (Å²) in [6.45, 7) is 0. The Morgan fingerprint density at radius 3 is 2.88 bits per heavy atom. The largest absolute Gasteiger partial charge is 0.448 e. The number of nitrogens with zero attached hydrogens (tertiary/aromatic N) is 3. The molecule has 2 heterocycles. The number of anilines is 1. The first-order valence-electron chi connectivity index (χ1n) is 7.41. The lowest BCUT2D eigenvalue weighted by Crippen LogP contribution is -2.17. The molecule has 8 heteroatoms. The van der Waals surface area contributed by atoms with Crippen molar-refractivity contribution >= 4 is 45.0 Å². The quantitative estimate of drug-likeness (QED) is 0.560. The van der Waals surface area contributed by atoms with E-state index in [0.717, 1.165) is 21.3 Å². The Morgan fingerprint density at radius 2 is 2.08 bits per heavy atom. The number of aromatic nitrogens is 3. The number of thioether (sulfide) groups is 1. The number of rotatable bonds is 2. The van der Waals surface area contributed by atoms with E-state index in [1.165, 1.54) is 11.8 Å². The van der Waals surface area contributed by atoms with E-state index in [0.29, 0.717) is 21.8 Å². The fraction of sp³-hybridized carbons (Fsp3) is 0.118. The van der Waals surface area contributed by atoms with Crippen LogP contribution < -0.4 is 10.1 Å². The maximum atomic E-state index is 6.15. The number of halogens is 2. The molecule has 1 unspecified atom stereocenters. The van der Waals surface area contributed by atoms with E-state index in [1.54, 1.807) is 0 Å². The molecular weight excluding hydrogens is 424 g/mol. The molecule has 2 aromatic carbocycles. The normalized spacial score (nSPS) is 15.4. The second-order valence-electron chi connectivity index (χ2n) is 5.34. The van der Waals surface area contributed by atoms with Gasteiger partial charge in [-0.05, 0) is 36.6 Å². The van der Waals surface area contributed by atoms with E-state index < -0.39 is 6.23 Å². The molecule has 0 saturated carbocycles. The molecule has 1 N–H and O–H groups in total. The minimum Gasteiger partial charge on any atom is -0.448 e. The number of benzene rings is 2. The predicted octanol–water partition coefficient (Wildman–Crippen LogP) is 5.18. The van der Waals surface area contributed by atoms with Crippen molar-refractivity contribution in [2.24, 2.45) is 0 Å². The first kappa shape index (κ1) is 16.6. The van der Waals surface area contributed by atoms with Gasteiger partial charge in [0.1, 0.15) is 0 Å². The van der Waals surface area contributed by atoms with Crippen LogP contribution in [0.4, 0.5) is 5.69 Å². The molecule has 0 fully saturated rings. The molecule has 3 aromatic rings. The number of hydrogen-bond donors (Lipinski definition) is 1. The molecule has 1 aliphatic heterocycles. The van der Waals surface area contributed by atoms with Crippen LogP contribution >= 0.6 is 39.3 Å². The molecule has 0 saturated heterocycles. The third-order valence-electron chi connectivity index (χ3n) is 3.72. The molecule has 25 heavy (non-hydrogen) atoms. The average molecular weight is 436 g/mol. The molecule has 4 rings (SSSR count). The topological polar surface area (TPSA) is 59.9 Å². The molecule has 0 spiro atoms. The smallest absolute Gasteiger partial charge is 0.247 e. The lowest BCUT2D eigenvalue weighted by Gasteiger charge is -2.19. The number of ether oxygens (including phenoxy) is 1. The van der Waals surface area contributed by atoms with Gasteiger partial charge < -0.3 is 10.1 Å². The highest BCUT2D eigenvalue weighted by Gasteiger charge is 2.26. The lowest BCUT2D eigenvalue weighted by atomic mass is 10.1. The van der Waals surface area contributed by atoms with Crippen LogP contribution in [0.1, 0.15) is 11.8 Å². The van der Waals surface area contributed by atoms with Gasteiger partial charge in [-0.1, -0.05) is 51.4 Å². The molecule has 0 radical (unpaired) electrons. The highest BCUT2D eigenvalue weighted by Crippen LogP contribution is 2.40. The van der Waals surface area contributed by atoms with Crippen LogP contribution in [-0.4, -0.2) is 21.4 Å². The third-order valence-corrected chi connectivity index (χ3v) is 4.99. The summed E-state index contributed by atoms with van der Waals surface area (Å²) < 4.78 is 7.09. The zero-order valence-corrected chi connectivity index (χ0v) is 16.2. The molecular formula is C17H12BrClN4OS. The predicted molar refractivity (Wildman–Crippen MR) is 103 cm³/mol. The Balaban J connectivity index is 1.88. The third kappa shape index (κ3) is 3.31. The zero-order valence-electron chi connectivity index (χ0n) is 13.0. The van der Waals surface area contributed by atoms with Crippen LogP contribution in [0.2, 0.25) is 5.02 Å². The van der Waals surface area contributed by atoms with Gasteiger partial charge in [-0.2, -0.15) is 4.98 Å². The Labute approximate surface area is 162 Å². The number of hydrogen-bond acceptors (Lipinski definition) is 6. The lowest BCUT2D eigenvalue weighted by molar-refractivity contribution is 0.225. The monoisotopic (exact) mass is 434 g/mol. The summed E-state index contributed by atoms with van der Waals surface area (Å²) >= 11 is 11.1. The van der Waals surface area contributed by atoms with Crippen LogP contribution in [-0.2, 0) is 0 Å². The van der Waals surface area contributed by atoms with Crippen LogP contribution in [0.25, 0.3) is 11.3 Å². The summed E-state index contributed by atoms with van der Waals surface area (Å²) in [6, 6.07) is 13.4. The van der Waals surface area contributed by atoms with Crippen molar-refractivity contribution in [3.63, 3.8) is 0 Å². The molecule has 5 nitrogen and oxygen atoms in total. The summed E-state index contributed by atoms with van der Waals surface area (Å²) in [5, 5.41) is 13.1. The van der Waals surface area contributed by atoms with Crippen molar-refractivity contribution in [2.45, 2.75) is 11.4 Å². The Bertz CT molecular complexity index is 956. The van der Waals surface area contributed by atoms with Crippen LogP contribution in [0.5, 0.6) is 5.88 Å². The molecule has 0 aliphatic carbocycles. The second-order valence-corrected chi connectivity index (χ2v) is 7.46. The first-order chi connectivity index (χ1) is 12.1. The van der Waals surface area contributed by atoms with E-state index >= 15 is 0 Å². The fourth-order valence-corrected chi connectivity index (χ4v) is 3.43. The van der Waals surface area contributed by atoms with Crippen LogP contribution in [0, 0.1) is 0 Å². The van der Waals surface area contributed by atoms with Gasteiger partial charge in [0.25, 0.3) is 0 Å². The van der Waals surface area contributed by atoms with Gasteiger partial charge in [0.2, 0.25) is 11.0 Å². The van der Waals surface area contributed by atoms with Crippen molar-refractivity contribution in [3.8, 4) is 17.1 Å². The minimum absolute atomic E-state index is 0.439. The van der Waals surface area contributed by atoms with Gasteiger partial charge in [-0.25, -0.2) is 0 Å². The minimum atomic E-state index is -0.439. The molecule has 0 amide bonds. The summed E-state index contributed by atoms with van der Waals surface area (Å²) in [4.78, 5) is 4.50. The van der Waals surface area contributed by atoms with E-state index in [1.807, 2.05) is 48.7 Å². The zero-order chi connectivity index (χ0) is 17.4. The van der Waals surface area contributed by atoms with Gasteiger partial charge in [0.05, 0.1) is 0 Å². The summed E-state index contributed by atoms with van der Waals surface area (Å²) in [7, 11) is 0. The van der Waals surface area contributed by atoms with Gasteiger partial charge in [-0.3, -0.25) is 0 Å². The number of nitrogens with one attached hydrogen (secondary N) is 1. The van der Waals surface area contributed by atoms with Gasteiger partial charge in [0.15, 0.2) is 11.9 Å². The highest BCUT2D eigenvalue weighted by atomic mass is 79.9. The Kier molecular flexibility index (Phi) is 4.54. The average Bonchev–Trinajstić information content (AvgIpc) is 2.77. The molecule has 0 bridgehead atoms. The van der Waals surface area contributed by atoms with E-state index in [-0.39, 0.29) is 0 Å². The Morgan fingerprint density at radius 1 is 1.20 bits per heavy atom.